The quantitative estimate of drug-likeness (QED) is 0.463. The third-order valence-corrected chi connectivity index (χ3v) is 6.14. The maximum absolute atomic E-state index is 13.3. The Morgan fingerprint density at radius 1 is 1.03 bits per heavy atom. The molecule has 0 saturated heterocycles. The van der Waals surface area contributed by atoms with Gasteiger partial charge in [-0.3, -0.25) is 9.10 Å². The van der Waals surface area contributed by atoms with Crippen LogP contribution in [-0.2, 0) is 22.7 Å². The summed E-state index contributed by atoms with van der Waals surface area (Å²) in [7, 11) is -3.59. The largest absolute Gasteiger partial charge is 0.418 e. The van der Waals surface area contributed by atoms with Gasteiger partial charge >= 0.3 is 6.18 Å². The van der Waals surface area contributed by atoms with Crippen LogP contribution >= 0.6 is 11.6 Å². The highest BCUT2D eigenvalue weighted by Crippen LogP contribution is 2.36. The van der Waals surface area contributed by atoms with Crippen LogP contribution in [0.4, 0.5) is 24.5 Å². The van der Waals surface area contributed by atoms with Gasteiger partial charge in [-0.2, -0.15) is 13.2 Å². The van der Waals surface area contributed by atoms with Crippen LogP contribution in [0.5, 0.6) is 0 Å². The summed E-state index contributed by atoms with van der Waals surface area (Å²) in [6, 6.07) is 16.0. The minimum Gasteiger partial charge on any atom is -0.321 e. The average Bonchev–Trinajstić information content (AvgIpc) is 2.72. The fraction of sp³-hybridized carbons (Fsp3) is 0.174. The highest BCUT2D eigenvalue weighted by Gasteiger charge is 2.34. The van der Waals surface area contributed by atoms with Crippen molar-refractivity contribution in [2.45, 2.75) is 19.6 Å². The number of sulfonamides is 1. The van der Waals surface area contributed by atoms with Gasteiger partial charge in [-0.05, 0) is 60.5 Å². The van der Waals surface area contributed by atoms with Gasteiger partial charge in [0.05, 0.1) is 29.7 Å². The number of carbonyl (C=O) groups is 1. The molecule has 1 amide bonds. The van der Waals surface area contributed by atoms with E-state index in [-0.39, 0.29) is 17.1 Å². The monoisotopic (exact) mass is 496 g/mol. The second kappa shape index (κ2) is 9.44. The van der Waals surface area contributed by atoms with Crippen molar-refractivity contribution in [2.75, 3.05) is 15.9 Å². The van der Waals surface area contributed by atoms with Gasteiger partial charge in [0, 0.05) is 10.6 Å². The summed E-state index contributed by atoms with van der Waals surface area (Å²) in [6.07, 6.45) is -3.59. The van der Waals surface area contributed by atoms with Crippen LogP contribution in [0.2, 0.25) is 5.02 Å². The van der Waals surface area contributed by atoms with Crippen LogP contribution in [0.15, 0.2) is 66.7 Å². The lowest BCUT2D eigenvalue weighted by molar-refractivity contribution is -0.136. The SMILES string of the molecule is Cc1cccc(N(Cc2ccc(C(=O)Nc3ccc(Cl)cc3C(F)(F)F)cc2)S(C)(=O)=O)c1. The molecule has 0 atom stereocenters. The number of hydrogen-bond donors (Lipinski definition) is 1. The molecule has 3 aromatic carbocycles. The van der Waals surface area contributed by atoms with Crippen molar-refractivity contribution in [2.24, 2.45) is 0 Å². The normalized spacial score (nSPS) is 11.8. The summed E-state index contributed by atoms with van der Waals surface area (Å²) < 4.78 is 65.6. The van der Waals surface area contributed by atoms with Crippen molar-refractivity contribution in [3.63, 3.8) is 0 Å². The van der Waals surface area contributed by atoms with Crippen LogP contribution in [0.1, 0.15) is 27.0 Å². The highest BCUT2D eigenvalue weighted by atomic mass is 35.5. The Morgan fingerprint density at radius 3 is 2.27 bits per heavy atom. The number of benzene rings is 3. The van der Waals surface area contributed by atoms with Crippen molar-refractivity contribution in [3.05, 3.63) is 94.0 Å². The first kappa shape index (κ1) is 24.6. The van der Waals surface area contributed by atoms with Gasteiger partial charge in [-0.1, -0.05) is 35.9 Å². The second-order valence-corrected chi connectivity index (χ2v) is 9.79. The van der Waals surface area contributed by atoms with Crippen LogP contribution in [-0.4, -0.2) is 20.6 Å². The van der Waals surface area contributed by atoms with E-state index in [9.17, 15) is 26.4 Å². The summed E-state index contributed by atoms with van der Waals surface area (Å²) in [5.74, 6) is -0.743. The van der Waals surface area contributed by atoms with E-state index in [1.807, 2.05) is 13.0 Å². The first-order chi connectivity index (χ1) is 15.3. The molecule has 0 unspecified atom stereocenters. The number of nitrogens with one attached hydrogen (secondary N) is 1. The maximum Gasteiger partial charge on any atom is 0.418 e. The molecule has 0 radical (unpaired) electrons. The van der Waals surface area contributed by atoms with Gasteiger partial charge in [0.2, 0.25) is 10.0 Å². The van der Waals surface area contributed by atoms with Crippen LogP contribution < -0.4 is 9.62 Å². The third kappa shape index (κ3) is 6.27. The van der Waals surface area contributed by atoms with Gasteiger partial charge in [-0.25, -0.2) is 8.42 Å². The number of carbonyl (C=O) groups excluding carboxylic acids is 1. The first-order valence-electron chi connectivity index (χ1n) is 9.66. The van der Waals surface area contributed by atoms with Gasteiger partial charge < -0.3 is 5.32 Å². The lowest BCUT2D eigenvalue weighted by Crippen LogP contribution is -2.29. The third-order valence-electron chi connectivity index (χ3n) is 4.77. The highest BCUT2D eigenvalue weighted by molar-refractivity contribution is 7.92. The molecule has 0 heterocycles. The molecule has 0 aliphatic heterocycles. The Balaban J connectivity index is 1.81. The lowest BCUT2D eigenvalue weighted by Gasteiger charge is -2.23. The van der Waals surface area contributed by atoms with Crippen molar-refractivity contribution in [1.82, 2.24) is 0 Å². The topological polar surface area (TPSA) is 66.5 Å². The first-order valence-corrected chi connectivity index (χ1v) is 11.9. The van der Waals surface area contributed by atoms with E-state index < -0.39 is 33.4 Å². The number of rotatable bonds is 6. The molecule has 0 spiro atoms. The van der Waals surface area contributed by atoms with E-state index in [0.717, 1.165) is 24.0 Å². The minimum atomic E-state index is -4.69. The molecule has 3 rings (SSSR count). The predicted octanol–water partition coefficient (Wildman–Crippen LogP) is 5.89. The number of aryl methyl sites for hydroxylation is 1. The minimum absolute atomic E-state index is 0.0274. The molecule has 5 nitrogen and oxygen atoms in total. The Morgan fingerprint density at radius 2 is 1.70 bits per heavy atom. The van der Waals surface area contributed by atoms with Gasteiger partial charge in [0.15, 0.2) is 0 Å². The summed E-state index contributed by atoms with van der Waals surface area (Å²) in [5.41, 5.74) is 0.644. The van der Waals surface area contributed by atoms with E-state index >= 15 is 0 Å². The van der Waals surface area contributed by atoms with Crippen molar-refractivity contribution < 1.29 is 26.4 Å². The average molecular weight is 497 g/mol. The van der Waals surface area contributed by atoms with E-state index in [1.165, 1.54) is 22.5 Å². The predicted molar refractivity (Wildman–Crippen MR) is 123 cm³/mol. The van der Waals surface area contributed by atoms with Crippen molar-refractivity contribution in [1.29, 1.82) is 0 Å². The van der Waals surface area contributed by atoms with Crippen molar-refractivity contribution in [3.8, 4) is 0 Å². The molecule has 0 fully saturated rings. The van der Waals surface area contributed by atoms with E-state index in [4.69, 9.17) is 11.6 Å². The Bertz CT molecular complexity index is 1280. The van der Waals surface area contributed by atoms with E-state index in [0.29, 0.717) is 11.3 Å². The van der Waals surface area contributed by atoms with E-state index in [1.54, 1.807) is 30.3 Å². The molecule has 0 bridgehead atoms. The number of halogens is 4. The Labute approximate surface area is 194 Å². The van der Waals surface area contributed by atoms with Gasteiger partial charge in [0.1, 0.15) is 0 Å². The zero-order chi connectivity index (χ0) is 24.4. The zero-order valence-electron chi connectivity index (χ0n) is 17.7. The summed E-state index contributed by atoms with van der Waals surface area (Å²) in [5, 5.41) is 2.15. The van der Waals surface area contributed by atoms with Crippen molar-refractivity contribution >= 4 is 38.9 Å². The standard InChI is InChI=1S/C23H20ClF3N2O3S/c1-15-4-3-5-19(12-15)29(33(2,31)32)14-16-6-8-17(9-7-16)22(30)28-21-11-10-18(24)13-20(21)23(25,26)27/h3-13H,14H2,1-2H3,(H,28,30). The Hall–Kier alpha value is -3.04. The Kier molecular flexibility index (Phi) is 7.04. The number of nitrogens with zero attached hydrogens (tertiary/aromatic N) is 1. The molecule has 33 heavy (non-hydrogen) atoms. The van der Waals surface area contributed by atoms with Crippen LogP contribution in [0.3, 0.4) is 0 Å². The molecule has 3 aromatic rings. The molecule has 0 aromatic heterocycles. The maximum atomic E-state index is 13.3. The molecular formula is C23H20ClF3N2O3S. The van der Waals surface area contributed by atoms with Crippen LogP contribution in [0.25, 0.3) is 0 Å². The summed E-state index contributed by atoms with van der Waals surface area (Å²) >= 11 is 5.66. The molecule has 1 N–H and O–H groups in total. The van der Waals surface area contributed by atoms with Crippen LogP contribution in [0, 0.1) is 6.92 Å². The number of anilines is 2. The second-order valence-electron chi connectivity index (χ2n) is 7.45. The fourth-order valence-electron chi connectivity index (χ4n) is 3.16. The molecular weight excluding hydrogens is 477 g/mol. The number of hydrogen-bond acceptors (Lipinski definition) is 3. The molecule has 0 aliphatic carbocycles. The van der Waals surface area contributed by atoms with Gasteiger partial charge in [0.25, 0.3) is 5.91 Å². The van der Waals surface area contributed by atoms with E-state index in [2.05, 4.69) is 5.32 Å². The molecule has 10 heteroatoms. The fourth-order valence-corrected chi connectivity index (χ4v) is 4.22. The summed E-state index contributed by atoms with van der Waals surface area (Å²) in [4.78, 5) is 12.5. The lowest BCUT2D eigenvalue weighted by atomic mass is 10.1. The molecule has 174 valence electrons. The molecule has 0 aliphatic rings. The number of alkyl halides is 3. The smallest absolute Gasteiger partial charge is 0.321 e. The van der Waals surface area contributed by atoms with Gasteiger partial charge in [-0.15, -0.1) is 0 Å². The number of amides is 1. The zero-order valence-corrected chi connectivity index (χ0v) is 19.2. The molecule has 0 saturated carbocycles. The summed E-state index contributed by atoms with van der Waals surface area (Å²) in [6.45, 7) is 1.88.